The van der Waals surface area contributed by atoms with Crippen LogP contribution in [0, 0.1) is 13.8 Å². The van der Waals surface area contributed by atoms with Crippen molar-refractivity contribution in [2.45, 2.75) is 39.8 Å². The zero-order valence-corrected chi connectivity index (χ0v) is 14.9. The van der Waals surface area contributed by atoms with Gasteiger partial charge in [0, 0.05) is 12.1 Å². The van der Waals surface area contributed by atoms with Crippen molar-refractivity contribution in [3.63, 3.8) is 0 Å². The van der Waals surface area contributed by atoms with Crippen molar-refractivity contribution in [2.75, 3.05) is 14.2 Å². The Labute approximate surface area is 139 Å². The Hall–Kier alpha value is -2.00. The van der Waals surface area contributed by atoms with Crippen LogP contribution in [0.25, 0.3) is 0 Å². The highest BCUT2D eigenvalue weighted by Gasteiger charge is 2.13. The summed E-state index contributed by atoms with van der Waals surface area (Å²) < 4.78 is 10.7. The predicted molar refractivity (Wildman–Crippen MR) is 95.4 cm³/mol. The highest BCUT2D eigenvalue weighted by atomic mass is 16.5. The Morgan fingerprint density at radius 3 is 1.43 bits per heavy atom. The van der Waals surface area contributed by atoms with Gasteiger partial charge < -0.3 is 14.8 Å². The number of ether oxygens (including phenoxy) is 2. The largest absolute Gasteiger partial charge is 0.496 e. The first-order valence-corrected chi connectivity index (χ1v) is 8.01. The lowest BCUT2D eigenvalue weighted by Gasteiger charge is -2.22. The normalized spacial score (nSPS) is 13.5. The molecule has 2 aromatic rings. The molecule has 0 aliphatic rings. The van der Waals surface area contributed by atoms with Gasteiger partial charge >= 0.3 is 0 Å². The van der Waals surface area contributed by atoms with E-state index in [-0.39, 0.29) is 12.1 Å². The van der Waals surface area contributed by atoms with Crippen molar-refractivity contribution >= 4 is 0 Å². The minimum atomic E-state index is 0.261. The molecule has 3 heteroatoms. The van der Waals surface area contributed by atoms with Gasteiger partial charge in [0.15, 0.2) is 0 Å². The van der Waals surface area contributed by atoms with Gasteiger partial charge in [0.25, 0.3) is 0 Å². The van der Waals surface area contributed by atoms with Crippen molar-refractivity contribution in [3.05, 3.63) is 58.7 Å². The molecule has 0 saturated heterocycles. The summed E-state index contributed by atoms with van der Waals surface area (Å²) in [5.41, 5.74) is 4.85. The molecule has 0 fully saturated rings. The van der Waals surface area contributed by atoms with Gasteiger partial charge in [-0.15, -0.1) is 0 Å². The third-order valence-corrected chi connectivity index (χ3v) is 4.34. The SMILES string of the molecule is COc1ccc(C(C)NC(C)c2ccc(OC)c(C)c2)cc1C. The number of hydrogen-bond acceptors (Lipinski definition) is 3. The number of hydrogen-bond donors (Lipinski definition) is 1. The molecule has 0 saturated carbocycles. The summed E-state index contributed by atoms with van der Waals surface area (Å²) in [7, 11) is 3.41. The van der Waals surface area contributed by atoms with Gasteiger partial charge in [-0.1, -0.05) is 24.3 Å². The summed E-state index contributed by atoms with van der Waals surface area (Å²) in [5, 5.41) is 3.66. The minimum Gasteiger partial charge on any atom is -0.496 e. The van der Waals surface area contributed by atoms with E-state index in [1.165, 1.54) is 11.1 Å². The number of aryl methyl sites for hydroxylation is 2. The van der Waals surface area contributed by atoms with Crippen molar-refractivity contribution in [1.29, 1.82) is 0 Å². The van der Waals surface area contributed by atoms with E-state index < -0.39 is 0 Å². The second kappa shape index (κ2) is 7.51. The summed E-state index contributed by atoms with van der Waals surface area (Å²) in [6.07, 6.45) is 0. The van der Waals surface area contributed by atoms with Crippen LogP contribution >= 0.6 is 0 Å². The topological polar surface area (TPSA) is 30.5 Å². The molecule has 2 unspecified atom stereocenters. The lowest BCUT2D eigenvalue weighted by atomic mass is 10.0. The zero-order valence-electron chi connectivity index (χ0n) is 14.9. The Morgan fingerprint density at radius 1 is 0.739 bits per heavy atom. The van der Waals surface area contributed by atoms with Crippen LogP contribution in [0.1, 0.15) is 48.2 Å². The van der Waals surface area contributed by atoms with Gasteiger partial charge in [-0.3, -0.25) is 0 Å². The second-order valence-corrected chi connectivity index (χ2v) is 6.07. The van der Waals surface area contributed by atoms with Crippen LogP contribution in [0.3, 0.4) is 0 Å². The first kappa shape index (κ1) is 17.4. The van der Waals surface area contributed by atoms with Crippen LogP contribution in [-0.4, -0.2) is 14.2 Å². The molecule has 3 nitrogen and oxygen atoms in total. The van der Waals surface area contributed by atoms with Crippen molar-refractivity contribution < 1.29 is 9.47 Å². The van der Waals surface area contributed by atoms with E-state index in [1.807, 2.05) is 12.1 Å². The quantitative estimate of drug-likeness (QED) is 0.836. The predicted octanol–water partition coefficient (Wildman–Crippen LogP) is 4.73. The molecule has 0 amide bonds. The smallest absolute Gasteiger partial charge is 0.121 e. The maximum Gasteiger partial charge on any atom is 0.121 e. The lowest BCUT2D eigenvalue weighted by Crippen LogP contribution is -2.22. The van der Waals surface area contributed by atoms with Gasteiger partial charge in [-0.2, -0.15) is 0 Å². The third kappa shape index (κ3) is 4.05. The summed E-state index contributed by atoms with van der Waals surface area (Å²) in [6, 6.07) is 13.2. The third-order valence-electron chi connectivity index (χ3n) is 4.34. The van der Waals surface area contributed by atoms with Gasteiger partial charge in [-0.25, -0.2) is 0 Å². The molecule has 0 aliphatic carbocycles. The fourth-order valence-electron chi connectivity index (χ4n) is 2.91. The Morgan fingerprint density at radius 2 is 1.13 bits per heavy atom. The first-order valence-electron chi connectivity index (χ1n) is 8.01. The van der Waals surface area contributed by atoms with Gasteiger partial charge in [0.05, 0.1) is 14.2 Å². The van der Waals surface area contributed by atoms with Crippen LogP contribution in [0.15, 0.2) is 36.4 Å². The van der Waals surface area contributed by atoms with Crippen LogP contribution < -0.4 is 14.8 Å². The summed E-state index contributed by atoms with van der Waals surface area (Å²) in [6.45, 7) is 8.53. The first-order chi connectivity index (χ1) is 11.0. The Balaban J connectivity index is 2.11. The molecule has 0 bridgehead atoms. The molecule has 23 heavy (non-hydrogen) atoms. The average Bonchev–Trinajstić information content (AvgIpc) is 2.54. The molecular formula is C20H27NO2. The highest BCUT2D eigenvalue weighted by Crippen LogP contribution is 2.26. The molecule has 0 heterocycles. The molecule has 2 atom stereocenters. The molecule has 0 aliphatic heterocycles. The van der Waals surface area contributed by atoms with E-state index in [4.69, 9.17) is 9.47 Å². The fraction of sp³-hybridized carbons (Fsp3) is 0.400. The summed E-state index contributed by atoms with van der Waals surface area (Å²) in [5.74, 6) is 1.86. The Kier molecular flexibility index (Phi) is 5.67. The fourth-order valence-corrected chi connectivity index (χ4v) is 2.91. The van der Waals surface area contributed by atoms with Gasteiger partial charge in [-0.05, 0) is 62.1 Å². The highest BCUT2D eigenvalue weighted by molar-refractivity contribution is 5.39. The molecule has 2 aromatic carbocycles. The van der Waals surface area contributed by atoms with Crippen molar-refractivity contribution in [1.82, 2.24) is 5.32 Å². The Bertz CT molecular complexity index is 609. The van der Waals surface area contributed by atoms with Gasteiger partial charge in [0.1, 0.15) is 11.5 Å². The number of rotatable bonds is 6. The second-order valence-electron chi connectivity index (χ2n) is 6.07. The maximum atomic E-state index is 5.33. The molecule has 0 aromatic heterocycles. The van der Waals surface area contributed by atoms with Crippen LogP contribution in [0.2, 0.25) is 0 Å². The molecule has 0 spiro atoms. The van der Waals surface area contributed by atoms with E-state index in [2.05, 4.69) is 57.3 Å². The number of methoxy groups -OCH3 is 2. The maximum absolute atomic E-state index is 5.33. The van der Waals surface area contributed by atoms with Gasteiger partial charge in [0.2, 0.25) is 0 Å². The zero-order chi connectivity index (χ0) is 17.0. The molecular weight excluding hydrogens is 286 g/mol. The summed E-state index contributed by atoms with van der Waals surface area (Å²) in [4.78, 5) is 0. The van der Waals surface area contributed by atoms with Crippen LogP contribution in [-0.2, 0) is 0 Å². The van der Waals surface area contributed by atoms with Crippen molar-refractivity contribution in [2.24, 2.45) is 0 Å². The molecule has 0 radical (unpaired) electrons. The molecule has 124 valence electrons. The van der Waals surface area contributed by atoms with Crippen LogP contribution in [0.5, 0.6) is 11.5 Å². The van der Waals surface area contributed by atoms with Crippen LogP contribution in [0.4, 0.5) is 0 Å². The minimum absolute atomic E-state index is 0.261. The van der Waals surface area contributed by atoms with E-state index in [9.17, 15) is 0 Å². The van der Waals surface area contributed by atoms with E-state index in [1.54, 1.807) is 14.2 Å². The summed E-state index contributed by atoms with van der Waals surface area (Å²) >= 11 is 0. The average molecular weight is 313 g/mol. The molecule has 2 rings (SSSR count). The number of benzene rings is 2. The standard InChI is InChI=1S/C20H27NO2/c1-13-11-17(7-9-19(13)22-5)15(3)21-16(4)18-8-10-20(23-6)14(2)12-18/h7-12,15-16,21H,1-6H3. The molecule has 1 N–H and O–H groups in total. The number of nitrogens with one attached hydrogen (secondary N) is 1. The van der Waals surface area contributed by atoms with E-state index in [0.29, 0.717) is 0 Å². The lowest BCUT2D eigenvalue weighted by molar-refractivity contribution is 0.410. The van der Waals surface area contributed by atoms with Crippen molar-refractivity contribution in [3.8, 4) is 11.5 Å². The van der Waals surface area contributed by atoms with E-state index >= 15 is 0 Å². The monoisotopic (exact) mass is 313 g/mol. The van der Waals surface area contributed by atoms with E-state index in [0.717, 1.165) is 22.6 Å².